The smallest absolute Gasteiger partial charge is 0.341 e. The second kappa shape index (κ2) is 11.6. The number of nitrogens with two attached hydrogens (primary N) is 1. The number of carboxylic acids is 1. The number of carbonyl (C=O) groups is 1. The van der Waals surface area contributed by atoms with Gasteiger partial charge in [0.25, 0.3) is 5.56 Å². The lowest BCUT2D eigenvalue weighted by Gasteiger charge is -2.13. The van der Waals surface area contributed by atoms with E-state index in [1.54, 1.807) is 30.1 Å². The molecule has 8 nitrogen and oxygen atoms in total. The van der Waals surface area contributed by atoms with Gasteiger partial charge in [-0.3, -0.25) is 9.36 Å². The molecule has 0 atom stereocenters. The minimum atomic E-state index is -1.29. The highest BCUT2D eigenvalue weighted by Crippen LogP contribution is 2.39. The summed E-state index contributed by atoms with van der Waals surface area (Å²) in [5.41, 5.74) is 5.35. The first-order valence-corrected chi connectivity index (χ1v) is 12.1. The molecular weight excluding hydrogens is 502 g/mol. The van der Waals surface area contributed by atoms with E-state index in [9.17, 15) is 18.4 Å². The molecule has 11 heteroatoms. The van der Waals surface area contributed by atoms with E-state index < -0.39 is 23.2 Å². The number of rotatable bonds is 4. The van der Waals surface area contributed by atoms with Crippen molar-refractivity contribution in [3.05, 3.63) is 101 Å². The number of halogens is 2. The number of carboxylic acid groups (broad SMARTS) is 1. The summed E-state index contributed by atoms with van der Waals surface area (Å²) >= 11 is 1.67. The van der Waals surface area contributed by atoms with Gasteiger partial charge in [-0.2, -0.15) is 0 Å². The van der Waals surface area contributed by atoms with Crippen molar-refractivity contribution in [2.75, 3.05) is 23.3 Å². The molecule has 0 spiro atoms. The molecule has 0 amide bonds. The van der Waals surface area contributed by atoms with Crippen LogP contribution in [0.4, 0.5) is 20.3 Å². The first-order chi connectivity index (χ1) is 17.8. The molecule has 1 aliphatic heterocycles. The van der Waals surface area contributed by atoms with Gasteiger partial charge >= 0.3 is 5.97 Å². The fourth-order valence-electron chi connectivity index (χ4n) is 3.41. The highest BCUT2D eigenvalue weighted by molar-refractivity contribution is 7.99. The van der Waals surface area contributed by atoms with Gasteiger partial charge in [0.2, 0.25) is 0 Å². The van der Waals surface area contributed by atoms with Crippen molar-refractivity contribution >= 4 is 29.2 Å². The summed E-state index contributed by atoms with van der Waals surface area (Å²) in [6, 6.07) is 14.0. The van der Waals surface area contributed by atoms with E-state index in [1.807, 2.05) is 0 Å². The number of anilines is 2. The van der Waals surface area contributed by atoms with Gasteiger partial charge in [0.05, 0.1) is 4.90 Å². The second-order valence-electron chi connectivity index (χ2n) is 7.79. The predicted molar refractivity (Wildman–Crippen MR) is 138 cm³/mol. The number of fused-ring (bicyclic) bond motifs is 1. The number of nitrogen functional groups attached to an aromatic ring is 1. The lowest BCUT2D eigenvalue weighted by molar-refractivity contribution is 0.0694. The van der Waals surface area contributed by atoms with Crippen LogP contribution in [-0.4, -0.2) is 32.9 Å². The molecule has 0 aliphatic carbocycles. The molecule has 5 rings (SSSR count). The van der Waals surface area contributed by atoms with Gasteiger partial charge in [0, 0.05) is 42.4 Å². The SMILES string of the molecule is Nc1ccc(Oc2ccnc3c2SCCCN3)c(F)c1.O=C(O)c1cccn(-c2ccc(F)cc2)c1=O. The van der Waals surface area contributed by atoms with Crippen LogP contribution in [0, 0.1) is 11.6 Å². The van der Waals surface area contributed by atoms with Crippen molar-refractivity contribution in [1.82, 2.24) is 9.55 Å². The van der Waals surface area contributed by atoms with Gasteiger partial charge in [-0.25, -0.2) is 18.6 Å². The quantitative estimate of drug-likeness (QED) is 0.313. The normalized spacial score (nSPS) is 12.3. The minimum absolute atomic E-state index is 0.164. The van der Waals surface area contributed by atoms with Crippen LogP contribution in [0.5, 0.6) is 11.5 Å². The van der Waals surface area contributed by atoms with E-state index in [0.717, 1.165) is 34.0 Å². The van der Waals surface area contributed by atoms with Crippen LogP contribution in [0.1, 0.15) is 16.8 Å². The first kappa shape index (κ1) is 25.7. The topological polar surface area (TPSA) is 119 Å². The molecule has 37 heavy (non-hydrogen) atoms. The van der Waals surface area contributed by atoms with Crippen molar-refractivity contribution in [3.8, 4) is 17.2 Å². The molecule has 4 N–H and O–H groups in total. The predicted octanol–water partition coefficient (Wildman–Crippen LogP) is 5.18. The molecule has 190 valence electrons. The number of benzene rings is 2. The Kier molecular flexibility index (Phi) is 8.04. The number of hydrogen-bond donors (Lipinski definition) is 3. The highest BCUT2D eigenvalue weighted by Gasteiger charge is 2.16. The van der Waals surface area contributed by atoms with Gasteiger partial charge < -0.3 is 20.9 Å². The number of aromatic carboxylic acids is 1. The summed E-state index contributed by atoms with van der Waals surface area (Å²) < 4.78 is 33.4. The molecule has 0 saturated carbocycles. The molecular formula is C26H22F2N4O4S. The molecule has 0 bridgehead atoms. The third kappa shape index (κ3) is 6.25. The van der Waals surface area contributed by atoms with Crippen LogP contribution in [0.2, 0.25) is 0 Å². The Morgan fingerprint density at radius 2 is 1.89 bits per heavy atom. The summed E-state index contributed by atoms with van der Waals surface area (Å²) in [4.78, 5) is 27.8. The molecule has 0 saturated heterocycles. The van der Waals surface area contributed by atoms with Crippen molar-refractivity contribution in [2.24, 2.45) is 0 Å². The Morgan fingerprint density at radius 3 is 2.62 bits per heavy atom. The maximum Gasteiger partial charge on any atom is 0.341 e. The zero-order valence-electron chi connectivity index (χ0n) is 19.4. The molecule has 1 aliphatic rings. The molecule has 3 heterocycles. The zero-order chi connectivity index (χ0) is 26.4. The number of hydrogen-bond acceptors (Lipinski definition) is 7. The van der Waals surface area contributed by atoms with E-state index in [1.165, 1.54) is 54.7 Å². The maximum absolute atomic E-state index is 13.8. The van der Waals surface area contributed by atoms with Gasteiger partial charge in [-0.05, 0) is 60.7 Å². The van der Waals surface area contributed by atoms with Crippen molar-refractivity contribution < 1.29 is 23.4 Å². The third-order valence-corrected chi connectivity index (χ3v) is 6.36. The Labute approximate surface area is 214 Å². The van der Waals surface area contributed by atoms with Crippen molar-refractivity contribution in [2.45, 2.75) is 11.3 Å². The molecule has 0 radical (unpaired) electrons. The van der Waals surface area contributed by atoms with E-state index in [-0.39, 0.29) is 11.3 Å². The zero-order valence-corrected chi connectivity index (χ0v) is 20.2. The molecule has 4 aromatic rings. The highest BCUT2D eigenvalue weighted by atomic mass is 32.2. The Morgan fingerprint density at radius 1 is 1.11 bits per heavy atom. The molecule has 0 fully saturated rings. The number of nitrogens with zero attached hydrogens (tertiary/aromatic N) is 2. The van der Waals surface area contributed by atoms with Gasteiger partial charge in [-0.1, -0.05) is 0 Å². The maximum atomic E-state index is 13.8. The Bertz CT molecular complexity index is 1480. The number of pyridine rings is 2. The number of ether oxygens (including phenoxy) is 1. The van der Waals surface area contributed by atoms with Crippen molar-refractivity contribution in [1.29, 1.82) is 0 Å². The van der Waals surface area contributed by atoms with Crippen molar-refractivity contribution in [3.63, 3.8) is 0 Å². The monoisotopic (exact) mass is 524 g/mol. The van der Waals surface area contributed by atoms with E-state index in [4.69, 9.17) is 15.6 Å². The third-order valence-electron chi connectivity index (χ3n) is 5.19. The molecule has 0 unspecified atom stereocenters. The number of aromatic nitrogens is 2. The summed E-state index contributed by atoms with van der Waals surface area (Å²) in [6.45, 7) is 0.882. The second-order valence-corrected chi connectivity index (χ2v) is 8.89. The Hall–Kier alpha value is -4.38. The van der Waals surface area contributed by atoms with Gasteiger partial charge in [0.15, 0.2) is 11.6 Å². The average molecular weight is 525 g/mol. The van der Waals surface area contributed by atoms with E-state index in [2.05, 4.69) is 10.3 Å². The van der Waals surface area contributed by atoms with Crippen LogP contribution < -0.4 is 21.3 Å². The lowest BCUT2D eigenvalue weighted by Crippen LogP contribution is -2.24. The summed E-state index contributed by atoms with van der Waals surface area (Å²) in [5, 5.41) is 12.1. The molecule has 2 aromatic carbocycles. The van der Waals surface area contributed by atoms with Crippen LogP contribution in [0.25, 0.3) is 5.69 Å². The van der Waals surface area contributed by atoms with Crippen LogP contribution in [-0.2, 0) is 0 Å². The summed E-state index contributed by atoms with van der Waals surface area (Å²) in [7, 11) is 0. The van der Waals surface area contributed by atoms with Gasteiger partial charge in [0.1, 0.15) is 22.9 Å². The van der Waals surface area contributed by atoms with Crippen LogP contribution >= 0.6 is 11.8 Å². The van der Waals surface area contributed by atoms with E-state index in [0.29, 0.717) is 17.1 Å². The van der Waals surface area contributed by atoms with Crippen LogP contribution in [0.3, 0.4) is 0 Å². The number of nitrogens with one attached hydrogen (secondary N) is 1. The van der Waals surface area contributed by atoms with E-state index >= 15 is 0 Å². The fraction of sp³-hybridized carbons (Fsp3) is 0.115. The largest absolute Gasteiger partial charge is 0.477 e. The Balaban J connectivity index is 0.000000176. The lowest BCUT2D eigenvalue weighted by atomic mass is 10.2. The minimum Gasteiger partial charge on any atom is -0.477 e. The standard InChI is InChI=1S/C14H14FN3OS.C12H8FNO3/c15-10-8-9(16)2-3-11(10)19-12-4-6-18-14-13(12)20-7-1-5-17-14;13-8-3-5-9(6-4-8)14-7-1-2-10(11(14)15)12(16)17/h2-4,6,8H,1,5,7,16H2,(H,17,18);1-7H,(H,16,17). The average Bonchev–Trinajstić information content (AvgIpc) is 3.13. The summed E-state index contributed by atoms with van der Waals surface area (Å²) in [5.74, 6) is 0.368. The number of thioether (sulfide) groups is 1. The fourth-order valence-corrected chi connectivity index (χ4v) is 4.42. The van der Waals surface area contributed by atoms with Gasteiger partial charge in [-0.15, -0.1) is 11.8 Å². The first-order valence-electron chi connectivity index (χ1n) is 11.1. The molecule has 2 aromatic heterocycles. The van der Waals surface area contributed by atoms with Crippen LogP contribution in [0.15, 0.2) is 82.7 Å². The summed E-state index contributed by atoms with van der Waals surface area (Å²) in [6.07, 6.45) is 4.14.